The number of aliphatic imine (C=N–C) groups is 1. The van der Waals surface area contributed by atoms with E-state index in [4.69, 9.17) is 34.5 Å². The van der Waals surface area contributed by atoms with Crippen LogP contribution in [0, 0.1) is 20.2 Å². The van der Waals surface area contributed by atoms with Crippen molar-refractivity contribution >= 4 is 50.8 Å². The Morgan fingerprint density at radius 2 is 0.664 bits per heavy atom. The molecular formula is C110H154N8O10. The molecule has 2 heterocycles. The molecule has 0 atom stereocenters. The highest BCUT2D eigenvalue weighted by Gasteiger charge is 2.34. The molecule has 2 aromatic heterocycles. The standard InChI is InChI=1S/C22H28N2O3.C22H28N2O.C21H26N2O.C15H23NO3.C15H25NO.C15H24O/c1-21(2,3)16-12-17(22(4,5)6)20(27-7)18(13-16)23-14-15-10-8-9-11-19(15)24(25)26;1-21(2,3)16-12-17(22(4,5)6)20(25-7)19(13-16)24-14-15-10-8-9-11-18(15)23-24;1-20(2,3)15-11-16(21(4,5)6)19(24)18(12-15)23-13-14-9-7-8-10-17(14)22-23;1-14(2,3)10-8-11(15(4,5)6)13(19-7)12(9-10)16(17)18;1-14(2,3)10-8-11(15(4,5)6)13(17-7)12(16)9-10;1-14(2,3)11-8-9-13(16-7)12(10-11)15(4,5)6/h8-14H,1-7H3;8-14H,1-7H3;7-13,24H,1-6H3;8-9H,1-7H3;8-9H,16H2,1-7H3;8-10H,1-7H3. The first-order valence-corrected chi connectivity index (χ1v) is 44.4. The molecule has 694 valence electrons. The van der Waals surface area contributed by atoms with Crippen molar-refractivity contribution in [2.24, 2.45) is 4.99 Å². The number of para-hydroxylation sites is 1. The maximum Gasteiger partial charge on any atom is 0.311 e. The predicted molar refractivity (Wildman–Crippen MR) is 538 cm³/mol. The first-order chi connectivity index (χ1) is 58.3. The van der Waals surface area contributed by atoms with E-state index >= 15 is 0 Å². The molecule has 128 heavy (non-hydrogen) atoms. The van der Waals surface area contributed by atoms with Gasteiger partial charge >= 0.3 is 5.69 Å². The van der Waals surface area contributed by atoms with Crippen LogP contribution in [0.4, 0.5) is 22.7 Å². The second-order valence-corrected chi connectivity index (χ2v) is 45.8. The van der Waals surface area contributed by atoms with Crippen molar-refractivity contribution < 1.29 is 38.6 Å². The average molecular weight is 1750 g/mol. The van der Waals surface area contributed by atoms with E-state index in [1.807, 2.05) is 113 Å². The largest absolute Gasteiger partial charge is 0.505 e. The molecule has 0 radical (unpaired) electrons. The highest BCUT2D eigenvalue weighted by atomic mass is 16.6. The summed E-state index contributed by atoms with van der Waals surface area (Å²) in [6.07, 6.45) is 5.59. The van der Waals surface area contributed by atoms with E-state index in [1.54, 1.807) is 57.4 Å². The zero-order valence-electron chi connectivity index (χ0n) is 85.5. The SMILES string of the molecule is CC(C)(C)c1cc(-n2cc3ccccc3n2)c(O)c(C(C)(C)C)c1.COc1c(-n2cc3ccccc3n2)cc(C(C)(C)C)cc1C(C)(C)C.COc1c(N)cc(C(C)(C)C)cc1C(C)(C)C.COc1c(N=Cc2ccccc2[N+](=O)[O-])cc(C(C)(C)C)cc1C(C)(C)C.COc1c([N+](=O)[O-])cc(C(C)(C)C)cc1C(C)(C)C.COc1ccc(C(C)(C)C)cc1C(C)(C)C. The van der Waals surface area contributed by atoms with Gasteiger partial charge in [0.05, 0.1) is 67.7 Å². The Balaban J connectivity index is 0.000000239. The van der Waals surface area contributed by atoms with E-state index in [0.29, 0.717) is 28.5 Å². The maximum atomic E-state index is 11.3. The second kappa shape index (κ2) is 39.9. The number of nitrogen functional groups attached to an aromatic ring is 1. The third kappa shape index (κ3) is 27.3. The van der Waals surface area contributed by atoms with Gasteiger partial charge in [0, 0.05) is 69.3 Å². The van der Waals surface area contributed by atoms with Gasteiger partial charge in [-0.2, -0.15) is 10.2 Å². The molecule has 0 unspecified atom stereocenters. The summed E-state index contributed by atoms with van der Waals surface area (Å²) in [6.45, 7) is 77.9. The van der Waals surface area contributed by atoms with Gasteiger partial charge in [-0.05, 0) is 152 Å². The summed E-state index contributed by atoms with van der Waals surface area (Å²) < 4.78 is 31.5. The highest BCUT2D eigenvalue weighted by molar-refractivity contribution is 5.88. The number of nitrogens with two attached hydrogens (primary N) is 1. The molecular weight excluding hydrogens is 1590 g/mol. The Morgan fingerprint density at radius 3 is 1.05 bits per heavy atom. The fourth-order valence-corrected chi connectivity index (χ4v) is 14.4. The van der Waals surface area contributed by atoms with E-state index in [0.717, 1.165) is 83.9 Å². The Morgan fingerprint density at radius 1 is 0.336 bits per heavy atom. The molecule has 0 amide bonds. The quantitative estimate of drug-likeness (QED) is 0.0532. The van der Waals surface area contributed by atoms with E-state index in [2.05, 4.69) is 285 Å². The Bertz CT molecular complexity index is 5650. The lowest BCUT2D eigenvalue weighted by Crippen LogP contribution is -2.19. The number of hydrogen-bond acceptors (Lipinski definition) is 14. The molecule has 0 bridgehead atoms. The van der Waals surface area contributed by atoms with Crippen LogP contribution < -0.4 is 29.4 Å². The van der Waals surface area contributed by atoms with Crippen LogP contribution in [0.3, 0.4) is 0 Å². The third-order valence-electron chi connectivity index (χ3n) is 22.5. The lowest BCUT2D eigenvalue weighted by molar-refractivity contribution is -0.386. The maximum absolute atomic E-state index is 11.3. The van der Waals surface area contributed by atoms with Crippen molar-refractivity contribution in [3.8, 4) is 45.9 Å². The molecule has 0 saturated carbocycles. The Labute approximate surface area is 767 Å². The van der Waals surface area contributed by atoms with Crippen molar-refractivity contribution in [3.05, 3.63) is 257 Å². The van der Waals surface area contributed by atoms with Crippen LogP contribution in [0.25, 0.3) is 33.2 Å². The molecule has 0 spiro atoms. The first kappa shape index (κ1) is 106. The number of nitro benzene ring substituents is 2. The van der Waals surface area contributed by atoms with Gasteiger partial charge in [-0.15, -0.1) is 0 Å². The third-order valence-corrected chi connectivity index (χ3v) is 22.5. The monoisotopic (exact) mass is 1750 g/mol. The number of hydrogen-bond donors (Lipinski definition) is 2. The number of anilines is 1. The molecule has 3 N–H and O–H groups in total. The summed E-state index contributed by atoms with van der Waals surface area (Å²) in [5, 5.41) is 45.1. The summed E-state index contributed by atoms with van der Waals surface area (Å²) in [6, 6.07) is 50.0. The Kier molecular flexibility index (Phi) is 33.0. The number of nitrogens with zero attached hydrogens (tertiary/aromatic N) is 7. The van der Waals surface area contributed by atoms with E-state index in [1.165, 1.54) is 58.3 Å². The number of methoxy groups -OCH3 is 5. The van der Waals surface area contributed by atoms with Crippen LogP contribution in [0.5, 0.6) is 34.5 Å². The lowest BCUT2D eigenvalue weighted by atomic mass is 9.79. The first-order valence-electron chi connectivity index (χ1n) is 44.4. The predicted octanol–water partition coefficient (Wildman–Crippen LogP) is 29.3. The molecule has 0 aliphatic heterocycles. The topological polar surface area (TPSA) is 227 Å². The van der Waals surface area contributed by atoms with E-state index in [-0.39, 0.29) is 81.3 Å². The van der Waals surface area contributed by atoms with Crippen LogP contribution >= 0.6 is 0 Å². The average Bonchev–Trinajstić information content (AvgIpc) is 1.61. The van der Waals surface area contributed by atoms with Gasteiger partial charge in [-0.3, -0.25) is 25.2 Å². The molecule has 18 heteroatoms. The summed E-state index contributed by atoms with van der Waals surface area (Å²) >= 11 is 0. The number of aromatic hydroxyl groups is 1. The number of ether oxygens (including phenoxy) is 5. The number of fused-ring (bicyclic) bond motifs is 2. The fraction of sp³-hybridized carbons (Fsp3) is 0.482. The molecule has 0 aliphatic carbocycles. The van der Waals surface area contributed by atoms with Crippen molar-refractivity contribution in [3.63, 3.8) is 0 Å². The van der Waals surface area contributed by atoms with Crippen LogP contribution in [0.2, 0.25) is 0 Å². The summed E-state index contributed by atoms with van der Waals surface area (Å²) in [4.78, 5) is 26.3. The molecule has 11 rings (SSSR count). The van der Waals surface area contributed by atoms with Gasteiger partial charge in [0.15, 0.2) is 0 Å². The van der Waals surface area contributed by atoms with Gasteiger partial charge in [0.1, 0.15) is 45.8 Å². The van der Waals surface area contributed by atoms with Gasteiger partial charge < -0.3 is 34.5 Å². The van der Waals surface area contributed by atoms with Gasteiger partial charge in [-0.25, -0.2) is 9.36 Å². The highest BCUT2D eigenvalue weighted by Crippen LogP contribution is 2.48. The van der Waals surface area contributed by atoms with Crippen LogP contribution in [0.1, 0.15) is 322 Å². The Hall–Kier alpha value is -11.0. The van der Waals surface area contributed by atoms with E-state index < -0.39 is 4.92 Å². The van der Waals surface area contributed by atoms with Crippen LogP contribution in [-0.2, 0) is 65.0 Å². The number of phenols is 1. The van der Waals surface area contributed by atoms with E-state index in [9.17, 15) is 25.3 Å². The molecule has 0 saturated heterocycles. The molecule has 9 aromatic carbocycles. The van der Waals surface area contributed by atoms with Crippen molar-refractivity contribution in [2.45, 2.75) is 314 Å². The minimum atomic E-state index is -0.398. The number of benzene rings is 9. The summed E-state index contributed by atoms with van der Waals surface area (Å²) in [7, 11) is 8.27. The number of aromatic nitrogens is 4. The van der Waals surface area contributed by atoms with Crippen LogP contribution in [0.15, 0.2) is 169 Å². The fourth-order valence-electron chi connectivity index (χ4n) is 14.4. The van der Waals surface area contributed by atoms with Crippen molar-refractivity contribution in [2.75, 3.05) is 41.3 Å². The molecule has 0 aliphatic rings. The zero-order valence-corrected chi connectivity index (χ0v) is 85.5. The lowest BCUT2D eigenvalue weighted by Gasteiger charge is -2.28. The van der Waals surface area contributed by atoms with Gasteiger partial charge in [0.25, 0.3) is 5.69 Å². The minimum Gasteiger partial charge on any atom is -0.505 e. The minimum absolute atomic E-state index is 0.00494. The van der Waals surface area contributed by atoms with Crippen molar-refractivity contribution in [1.29, 1.82) is 0 Å². The molecule has 18 nitrogen and oxygen atoms in total. The molecule has 11 aromatic rings. The van der Waals surface area contributed by atoms with Gasteiger partial charge in [0.2, 0.25) is 5.75 Å². The number of rotatable bonds is 11. The normalized spacial score (nSPS) is 12.6. The number of phenolic OH excluding ortho intramolecular Hbond substituents is 1. The smallest absolute Gasteiger partial charge is 0.311 e. The summed E-state index contributed by atoms with van der Waals surface area (Å²) in [5.41, 5.74) is 25.2. The summed E-state index contributed by atoms with van der Waals surface area (Å²) in [5.74, 6) is 4.07. The second-order valence-electron chi connectivity index (χ2n) is 45.8. The number of nitro groups is 2. The zero-order chi connectivity index (χ0) is 97.5. The van der Waals surface area contributed by atoms with Gasteiger partial charge in [-0.1, -0.05) is 340 Å². The van der Waals surface area contributed by atoms with Crippen molar-refractivity contribution in [1.82, 2.24) is 19.6 Å². The molecule has 0 fully saturated rings. The van der Waals surface area contributed by atoms with Crippen LogP contribution in [-0.4, -0.2) is 76.3 Å².